The van der Waals surface area contributed by atoms with Crippen molar-refractivity contribution in [3.8, 4) is 0 Å². The first-order valence-electron chi connectivity index (χ1n) is 0.289. The van der Waals surface area contributed by atoms with Gasteiger partial charge in [-0.05, 0) is 0 Å². The number of hydrogen-bond donors (Lipinski definition) is 0. The van der Waals surface area contributed by atoms with Crippen molar-refractivity contribution in [2.45, 2.75) is 0 Å². The zero-order chi connectivity index (χ0) is 2.00. The molecule has 0 fully saturated rings. The monoisotopic (exact) mass is 106 g/mol. The van der Waals surface area contributed by atoms with Gasteiger partial charge in [-0.1, -0.05) is 0 Å². The molecule has 0 bridgehead atoms. The zero-order valence-electron chi connectivity index (χ0n) is 2.12. The molecule has 0 aliphatic carbocycles. The Morgan fingerprint density at radius 3 is 1.00 bits per heavy atom. The number of hydrogen-bond acceptors (Lipinski definition) is 1. The Kier molecular flexibility index (Phi) is 581. The quantitative estimate of drug-likeness (QED) is 0.297. The molecule has 0 saturated heterocycles. The number of rotatable bonds is 0. The van der Waals surface area contributed by atoms with Crippen LogP contribution in [-0.2, 0) is 3.80 Å². The van der Waals surface area contributed by atoms with Crippen molar-refractivity contribution in [2.24, 2.45) is 0 Å². The molecule has 0 spiro atoms. The Hall–Kier alpha value is 1.02. The van der Waals surface area contributed by atoms with E-state index in [4.69, 9.17) is 3.80 Å². The van der Waals surface area contributed by atoms with Crippen molar-refractivity contribution in [1.82, 2.24) is 0 Å². The van der Waals surface area contributed by atoms with Gasteiger partial charge in [0.1, 0.15) is 0 Å². The van der Waals surface area contributed by atoms with Crippen LogP contribution < -0.4 is 0 Å². The van der Waals surface area contributed by atoms with Gasteiger partial charge in [0.2, 0.25) is 0 Å². The van der Waals surface area contributed by atoms with Crippen LogP contribution in [0.4, 0.5) is 0 Å². The van der Waals surface area contributed by atoms with E-state index < -0.39 is 0 Å². The molecule has 0 heterocycles. The van der Waals surface area contributed by atoms with Crippen LogP contribution in [0.5, 0.6) is 0 Å². The van der Waals surface area contributed by atoms with E-state index in [0.717, 1.165) is 0 Å². The Labute approximate surface area is 54.1 Å². The van der Waals surface area contributed by atoms with Crippen molar-refractivity contribution in [2.75, 3.05) is 0 Å². The predicted molar refractivity (Wildman–Crippen MR) is 23.6 cm³/mol. The summed E-state index contributed by atoms with van der Waals surface area (Å²) in [5.74, 6) is 0. The van der Waals surface area contributed by atoms with Gasteiger partial charge in [-0.25, -0.2) is 0 Å². The van der Waals surface area contributed by atoms with Crippen molar-refractivity contribution >= 4 is 39.3 Å². The van der Waals surface area contributed by atoms with Gasteiger partial charge in [0, 0.05) is 0 Å². The second kappa shape index (κ2) is 78.1. The van der Waals surface area contributed by atoms with Crippen LogP contribution in [0.1, 0.15) is 0 Å². The molecule has 0 radical (unpaired) electrons. The summed E-state index contributed by atoms with van der Waals surface area (Å²) in [4.78, 5) is 0. The third kappa shape index (κ3) is 44.1. The molecule has 5 heavy (non-hydrogen) atoms. The van der Waals surface area contributed by atoms with Crippen LogP contribution in [0.15, 0.2) is 0 Å². The molecule has 0 unspecified atom stereocenters. The summed E-state index contributed by atoms with van der Waals surface area (Å²) in [6.07, 6.45) is 0. The van der Waals surface area contributed by atoms with Crippen LogP contribution in [0.25, 0.3) is 0 Å². The second-order valence-corrected chi connectivity index (χ2v) is 0. The van der Waals surface area contributed by atoms with Gasteiger partial charge in [0.25, 0.3) is 0 Å². The molecule has 0 rings (SSSR count). The first-order valence-corrected chi connectivity index (χ1v) is 0.866. The summed E-state index contributed by atoms with van der Waals surface area (Å²) in [5, 5.41) is 0. The summed E-state index contributed by atoms with van der Waals surface area (Å²) >= 11 is 0.611. The maximum absolute atomic E-state index is 8.28. The zero-order valence-corrected chi connectivity index (χ0v) is 3.53. The molecule has 0 atom stereocenters. The molecule has 0 aliphatic rings. The van der Waals surface area contributed by atoms with Crippen molar-refractivity contribution in [3.63, 3.8) is 0 Å². The van der Waals surface area contributed by atoms with Crippen molar-refractivity contribution in [1.29, 1.82) is 0 Å². The summed E-state index contributed by atoms with van der Waals surface area (Å²) in [5.41, 5.74) is 0. The van der Waals surface area contributed by atoms with Crippen LogP contribution >= 0.6 is 0 Å². The van der Waals surface area contributed by atoms with Gasteiger partial charge < -0.3 is 11.0 Å². The van der Waals surface area contributed by atoms with Gasteiger partial charge in [0.05, 0.1) is 0 Å². The van der Waals surface area contributed by atoms with Crippen LogP contribution in [0.3, 0.4) is 0 Å². The van der Waals surface area contributed by atoms with Crippen LogP contribution in [0.2, 0.25) is 0 Å². The minimum absolute atomic E-state index is 0. The maximum atomic E-state index is 8.28. The normalized spacial score (nSPS) is 0.600. The van der Waals surface area contributed by atoms with Gasteiger partial charge in [-0.3, -0.25) is 0 Å². The predicted octanol–water partition coefficient (Wildman–Crippen LogP) is -3.33. The molecule has 30 valence electrons. The third-order valence-corrected chi connectivity index (χ3v) is 0. The summed E-state index contributed by atoms with van der Waals surface area (Å²) < 4.78 is 8.28. The fourth-order valence-corrected chi connectivity index (χ4v) is 0. The average molecular weight is 106 g/mol. The topological polar surface area (TPSA) is 80.1 Å². The van der Waals surface area contributed by atoms with E-state index in [0.29, 0.717) is 16.2 Å². The average Bonchev–Trinajstić information content (AvgIpc) is 1.00. The molecular formula is H7AlMgO3. The van der Waals surface area contributed by atoms with E-state index in [1.165, 1.54) is 0 Å². The van der Waals surface area contributed by atoms with Crippen LogP contribution in [0, 0.1) is 0 Å². The third-order valence-electron chi connectivity index (χ3n) is 0. The molecule has 5 heteroatoms. The standard InChI is InChI=1S/Al.Mg.2H2O.O.3H/h;;2*1H2;;;;. The molecule has 0 aromatic carbocycles. The van der Waals surface area contributed by atoms with Crippen LogP contribution in [-0.4, -0.2) is 50.2 Å². The van der Waals surface area contributed by atoms with Crippen molar-refractivity contribution in [3.05, 3.63) is 0 Å². The van der Waals surface area contributed by atoms with Gasteiger partial charge in [-0.15, -0.1) is 0 Å². The summed E-state index contributed by atoms with van der Waals surface area (Å²) in [6.45, 7) is 0. The van der Waals surface area contributed by atoms with E-state index in [1.54, 1.807) is 0 Å². The molecule has 0 aromatic rings. The Morgan fingerprint density at radius 2 is 1.00 bits per heavy atom. The van der Waals surface area contributed by atoms with Gasteiger partial charge >= 0.3 is 43.1 Å². The van der Waals surface area contributed by atoms with E-state index in [9.17, 15) is 0 Å². The second-order valence-electron chi connectivity index (χ2n) is 0. The Bertz CT molecular complexity index is 6.85. The van der Waals surface area contributed by atoms with E-state index in [2.05, 4.69) is 0 Å². The molecule has 3 nitrogen and oxygen atoms in total. The molecular weight excluding hydrogens is 99.3 g/mol. The Balaban J connectivity index is -0.00000000167. The first kappa shape index (κ1) is 37.2. The SMILES string of the molecule is O.O.[MgH2].[O]=[AlH]. The fourth-order valence-electron chi connectivity index (χ4n) is 0. The molecule has 0 aromatic heterocycles. The fraction of sp³-hybridized carbons (Fsp3) is 0. The van der Waals surface area contributed by atoms with Crippen molar-refractivity contribution < 1.29 is 14.8 Å². The van der Waals surface area contributed by atoms with E-state index >= 15 is 0 Å². The summed E-state index contributed by atoms with van der Waals surface area (Å²) in [7, 11) is 0. The molecule has 0 amide bonds. The minimum atomic E-state index is 0. The molecule has 0 aliphatic heterocycles. The summed E-state index contributed by atoms with van der Waals surface area (Å²) in [6, 6.07) is 0. The van der Waals surface area contributed by atoms with E-state index in [-0.39, 0.29) is 34.0 Å². The Morgan fingerprint density at radius 1 is 1.00 bits per heavy atom. The molecule has 4 N–H and O–H groups in total. The first-order chi connectivity index (χ1) is 1.00. The van der Waals surface area contributed by atoms with Gasteiger partial charge in [-0.2, -0.15) is 0 Å². The van der Waals surface area contributed by atoms with E-state index in [1.807, 2.05) is 0 Å². The van der Waals surface area contributed by atoms with Gasteiger partial charge in [0.15, 0.2) is 0 Å². The molecule has 0 saturated carbocycles.